The highest BCUT2D eigenvalue weighted by molar-refractivity contribution is 5.27. The van der Waals surface area contributed by atoms with Crippen molar-refractivity contribution in [1.29, 1.82) is 0 Å². The molecule has 0 saturated carbocycles. The van der Waals surface area contributed by atoms with Gasteiger partial charge in [0.1, 0.15) is 5.67 Å². The van der Waals surface area contributed by atoms with E-state index in [0.717, 1.165) is 24.3 Å². The lowest BCUT2D eigenvalue weighted by Crippen LogP contribution is -2.44. The van der Waals surface area contributed by atoms with E-state index in [-0.39, 0.29) is 6.04 Å². The van der Waals surface area contributed by atoms with E-state index in [1.165, 1.54) is 0 Å². The van der Waals surface area contributed by atoms with Crippen molar-refractivity contribution >= 4 is 0 Å². The van der Waals surface area contributed by atoms with Gasteiger partial charge in [-0.25, -0.2) is 4.39 Å². The van der Waals surface area contributed by atoms with Gasteiger partial charge in [0.15, 0.2) is 0 Å². The maximum Gasteiger partial charge on any atom is 0.134 e. The predicted molar refractivity (Wildman–Crippen MR) is 66.9 cm³/mol. The van der Waals surface area contributed by atoms with Crippen LogP contribution in [0, 0.1) is 6.92 Å². The van der Waals surface area contributed by atoms with Crippen LogP contribution in [-0.4, -0.2) is 25.8 Å². The molecule has 94 valence electrons. The van der Waals surface area contributed by atoms with Gasteiger partial charge in [0, 0.05) is 19.0 Å². The summed E-state index contributed by atoms with van der Waals surface area (Å²) in [4.78, 5) is 0. The van der Waals surface area contributed by atoms with Gasteiger partial charge in [0.2, 0.25) is 0 Å². The van der Waals surface area contributed by atoms with Gasteiger partial charge >= 0.3 is 0 Å². The van der Waals surface area contributed by atoms with Crippen LogP contribution in [0.1, 0.15) is 24.5 Å². The molecule has 17 heavy (non-hydrogen) atoms. The quantitative estimate of drug-likeness (QED) is 0.872. The van der Waals surface area contributed by atoms with Crippen molar-refractivity contribution in [3.05, 3.63) is 35.4 Å². The molecule has 1 fully saturated rings. The van der Waals surface area contributed by atoms with Gasteiger partial charge < -0.3 is 10.1 Å². The number of hydrogen-bond acceptors (Lipinski definition) is 2. The average Bonchev–Trinajstić information content (AvgIpc) is 2.30. The van der Waals surface area contributed by atoms with Gasteiger partial charge in [-0.2, -0.15) is 0 Å². The van der Waals surface area contributed by atoms with Gasteiger partial charge in [-0.15, -0.1) is 0 Å². The fourth-order valence-electron chi connectivity index (χ4n) is 2.30. The Morgan fingerprint density at radius 2 is 2.35 bits per heavy atom. The molecule has 2 rings (SSSR count). The van der Waals surface area contributed by atoms with Crippen molar-refractivity contribution in [2.45, 2.75) is 32.0 Å². The number of nitrogens with one attached hydrogen (secondary N) is 1. The summed E-state index contributed by atoms with van der Waals surface area (Å²) < 4.78 is 20.1. The molecule has 2 atom stereocenters. The van der Waals surface area contributed by atoms with Crippen LogP contribution >= 0.6 is 0 Å². The van der Waals surface area contributed by atoms with E-state index in [1.54, 1.807) is 6.92 Å². The molecule has 0 amide bonds. The topological polar surface area (TPSA) is 21.3 Å². The summed E-state index contributed by atoms with van der Waals surface area (Å²) in [6, 6.07) is 7.79. The lowest BCUT2D eigenvalue weighted by atomic mass is 9.90. The van der Waals surface area contributed by atoms with Crippen LogP contribution in [0.15, 0.2) is 24.3 Å². The maximum absolute atomic E-state index is 14.7. The zero-order valence-electron chi connectivity index (χ0n) is 10.5. The van der Waals surface area contributed by atoms with Crippen LogP contribution in [0.25, 0.3) is 0 Å². The van der Waals surface area contributed by atoms with Gasteiger partial charge in [-0.1, -0.05) is 29.8 Å². The van der Waals surface area contributed by atoms with Crippen LogP contribution in [0.4, 0.5) is 4.39 Å². The second kappa shape index (κ2) is 5.15. The highest BCUT2D eigenvalue weighted by Crippen LogP contribution is 2.31. The van der Waals surface area contributed by atoms with Crippen molar-refractivity contribution in [3.8, 4) is 0 Å². The van der Waals surface area contributed by atoms with Crippen molar-refractivity contribution in [2.24, 2.45) is 0 Å². The molecule has 0 spiro atoms. The van der Waals surface area contributed by atoms with Gasteiger partial charge in [-0.05, 0) is 19.4 Å². The van der Waals surface area contributed by atoms with E-state index in [2.05, 4.69) is 5.32 Å². The Bertz CT molecular complexity index is 372. The van der Waals surface area contributed by atoms with Crippen LogP contribution < -0.4 is 5.32 Å². The third-order valence-corrected chi connectivity index (χ3v) is 3.25. The van der Waals surface area contributed by atoms with E-state index >= 15 is 0 Å². The largest absolute Gasteiger partial charge is 0.379 e. The number of benzene rings is 1. The van der Waals surface area contributed by atoms with Gasteiger partial charge in [0.05, 0.1) is 13.2 Å². The fourth-order valence-corrected chi connectivity index (χ4v) is 2.30. The molecule has 1 aliphatic rings. The van der Waals surface area contributed by atoms with Crippen molar-refractivity contribution in [3.63, 3.8) is 0 Å². The lowest BCUT2D eigenvalue weighted by Gasteiger charge is -2.30. The number of morpholine rings is 1. The summed E-state index contributed by atoms with van der Waals surface area (Å²) in [5.74, 6) is 0. The molecule has 0 aliphatic carbocycles. The van der Waals surface area contributed by atoms with Crippen molar-refractivity contribution < 1.29 is 9.13 Å². The Balaban J connectivity index is 2.06. The van der Waals surface area contributed by atoms with E-state index in [0.29, 0.717) is 13.0 Å². The Labute approximate surface area is 102 Å². The molecule has 1 heterocycles. The highest BCUT2D eigenvalue weighted by Gasteiger charge is 2.30. The Hall–Kier alpha value is -0.930. The number of hydrogen-bond donors (Lipinski definition) is 1. The molecule has 1 aliphatic heterocycles. The van der Waals surface area contributed by atoms with Crippen molar-refractivity contribution in [2.75, 3.05) is 19.8 Å². The monoisotopic (exact) mass is 237 g/mol. The summed E-state index contributed by atoms with van der Waals surface area (Å²) in [6.07, 6.45) is 0.455. The molecular weight excluding hydrogens is 217 g/mol. The molecule has 3 heteroatoms. The Morgan fingerprint density at radius 1 is 1.53 bits per heavy atom. The standard InChI is InChI=1S/C14H20FNO/c1-11-4-3-5-12(8-11)14(2,15)9-13-10-17-7-6-16-13/h3-5,8,13,16H,6-7,9-10H2,1-2H3. The molecule has 1 aromatic carbocycles. The second-order valence-electron chi connectivity index (χ2n) is 5.00. The first-order chi connectivity index (χ1) is 8.08. The summed E-state index contributed by atoms with van der Waals surface area (Å²) >= 11 is 0. The van der Waals surface area contributed by atoms with Crippen LogP contribution in [0.2, 0.25) is 0 Å². The second-order valence-corrected chi connectivity index (χ2v) is 5.00. The molecular formula is C14H20FNO. The molecule has 0 aromatic heterocycles. The molecule has 0 radical (unpaired) electrons. The Kier molecular flexibility index (Phi) is 3.79. The molecule has 1 saturated heterocycles. The first kappa shape index (κ1) is 12.5. The molecule has 1 N–H and O–H groups in total. The third-order valence-electron chi connectivity index (χ3n) is 3.25. The van der Waals surface area contributed by atoms with Crippen LogP contribution in [0.3, 0.4) is 0 Å². The molecule has 1 aromatic rings. The van der Waals surface area contributed by atoms with E-state index in [1.807, 2.05) is 31.2 Å². The average molecular weight is 237 g/mol. The normalized spacial score (nSPS) is 24.3. The predicted octanol–water partition coefficient (Wildman–Crippen LogP) is 2.56. The zero-order chi connectivity index (χ0) is 12.3. The lowest BCUT2D eigenvalue weighted by molar-refractivity contribution is 0.0474. The number of rotatable bonds is 3. The highest BCUT2D eigenvalue weighted by atomic mass is 19.1. The maximum atomic E-state index is 14.7. The summed E-state index contributed by atoms with van der Waals surface area (Å²) in [5.41, 5.74) is 0.550. The molecule has 2 nitrogen and oxygen atoms in total. The number of halogens is 1. The summed E-state index contributed by atoms with van der Waals surface area (Å²) in [7, 11) is 0. The van der Waals surface area contributed by atoms with E-state index in [4.69, 9.17) is 4.74 Å². The van der Waals surface area contributed by atoms with Gasteiger partial charge in [0.25, 0.3) is 0 Å². The minimum Gasteiger partial charge on any atom is -0.379 e. The summed E-state index contributed by atoms with van der Waals surface area (Å²) in [5, 5.41) is 3.29. The number of aryl methyl sites for hydroxylation is 1. The fraction of sp³-hybridized carbons (Fsp3) is 0.571. The van der Waals surface area contributed by atoms with Crippen LogP contribution in [0.5, 0.6) is 0 Å². The molecule has 2 unspecified atom stereocenters. The summed E-state index contributed by atoms with van der Waals surface area (Å²) in [6.45, 7) is 5.78. The smallest absolute Gasteiger partial charge is 0.134 e. The first-order valence-corrected chi connectivity index (χ1v) is 6.15. The van der Waals surface area contributed by atoms with Crippen molar-refractivity contribution in [1.82, 2.24) is 5.32 Å². The number of ether oxygens (including phenoxy) is 1. The number of alkyl halides is 1. The zero-order valence-corrected chi connectivity index (χ0v) is 10.5. The minimum absolute atomic E-state index is 0.110. The Morgan fingerprint density at radius 3 is 3.00 bits per heavy atom. The SMILES string of the molecule is Cc1cccc(C(C)(F)CC2COCCN2)c1. The van der Waals surface area contributed by atoms with Gasteiger partial charge in [-0.3, -0.25) is 0 Å². The first-order valence-electron chi connectivity index (χ1n) is 6.15. The van der Waals surface area contributed by atoms with E-state index in [9.17, 15) is 4.39 Å². The third kappa shape index (κ3) is 3.27. The minimum atomic E-state index is -1.30. The van der Waals surface area contributed by atoms with E-state index < -0.39 is 5.67 Å². The van der Waals surface area contributed by atoms with Crippen LogP contribution in [-0.2, 0) is 10.4 Å². The molecule has 0 bridgehead atoms.